The van der Waals surface area contributed by atoms with E-state index in [2.05, 4.69) is 10.6 Å². The molecule has 0 aliphatic heterocycles. The van der Waals surface area contributed by atoms with Gasteiger partial charge in [-0.25, -0.2) is 13.6 Å². The molecule has 0 aliphatic carbocycles. The summed E-state index contributed by atoms with van der Waals surface area (Å²) >= 11 is 0. The number of halogens is 2. The van der Waals surface area contributed by atoms with Crippen LogP contribution in [0.2, 0.25) is 0 Å². The van der Waals surface area contributed by atoms with Crippen molar-refractivity contribution >= 4 is 17.8 Å². The van der Waals surface area contributed by atoms with Crippen LogP contribution in [0.4, 0.5) is 8.78 Å². The van der Waals surface area contributed by atoms with E-state index >= 15 is 0 Å². The van der Waals surface area contributed by atoms with Crippen LogP contribution in [-0.4, -0.2) is 30.9 Å². The third kappa shape index (κ3) is 7.47. The summed E-state index contributed by atoms with van der Waals surface area (Å²) in [6, 6.07) is 9.43. The summed E-state index contributed by atoms with van der Waals surface area (Å²) in [5.74, 6) is -3.31. The lowest BCUT2D eigenvalue weighted by Crippen LogP contribution is -2.49. The molecule has 0 bridgehead atoms. The van der Waals surface area contributed by atoms with Gasteiger partial charge in [0.2, 0.25) is 11.8 Å². The van der Waals surface area contributed by atoms with E-state index in [0.717, 1.165) is 12.1 Å². The summed E-state index contributed by atoms with van der Waals surface area (Å²) in [4.78, 5) is 37.6. The number of amides is 2. The number of nitrogens with one attached hydrogen (secondary N) is 2. The van der Waals surface area contributed by atoms with Crippen LogP contribution in [0.15, 0.2) is 48.5 Å². The number of carbonyl (C=O) groups excluding carboxylic acids is 3. The molecule has 0 aliphatic rings. The molecule has 0 saturated heterocycles. The quantitative estimate of drug-likeness (QED) is 0.597. The van der Waals surface area contributed by atoms with Crippen molar-refractivity contribution in [2.75, 3.05) is 7.11 Å². The van der Waals surface area contributed by atoms with E-state index in [1.807, 2.05) is 13.8 Å². The number of esters is 1. The first-order chi connectivity index (χ1) is 14.7. The van der Waals surface area contributed by atoms with Gasteiger partial charge < -0.3 is 15.4 Å². The fourth-order valence-electron chi connectivity index (χ4n) is 3.13. The molecule has 2 aromatic rings. The zero-order chi connectivity index (χ0) is 23.0. The Labute approximate surface area is 180 Å². The number of methoxy groups -OCH3 is 1. The first-order valence-electron chi connectivity index (χ1n) is 9.87. The Kier molecular flexibility index (Phi) is 8.66. The fraction of sp³-hybridized carbons (Fsp3) is 0.348. The molecule has 0 saturated carbocycles. The lowest BCUT2D eigenvalue weighted by Gasteiger charge is -2.23. The van der Waals surface area contributed by atoms with E-state index in [0.29, 0.717) is 18.1 Å². The molecule has 6 nitrogen and oxygen atoms in total. The van der Waals surface area contributed by atoms with Crippen LogP contribution >= 0.6 is 0 Å². The maximum Gasteiger partial charge on any atom is 0.333 e. The Morgan fingerprint density at radius 1 is 0.968 bits per heavy atom. The first kappa shape index (κ1) is 24.0. The normalized spacial score (nSPS) is 12.7. The van der Waals surface area contributed by atoms with Crippen LogP contribution in [0.1, 0.15) is 37.4 Å². The Morgan fingerprint density at radius 2 is 1.58 bits per heavy atom. The smallest absolute Gasteiger partial charge is 0.333 e. The topological polar surface area (TPSA) is 84.5 Å². The molecule has 0 unspecified atom stereocenters. The van der Waals surface area contributed by atoms with E-state index in [1.54, 1.807) is 30.3 Å². The van der Waals surface area contributed by atoms with E-state index in [-0.39, 0.29) is 17.9 Å². The average Bonchev–Trinajstić information content (AvgIpc) is 2.70. The molecule has 0 aromatic heterocycles. The predicted octanol–water partition coefficient (Wildman–Crippen LogP) is 3.07. The molecule has 0 spiro atoms. The van der Waals surface area contributed by atoms with Crippen molar-refractivity contribution in [1.29, 1.82) is 0 Å². The second-order valence-corrected chi connectivity index (χ2v) is 7.58. The van der Waals surface area contributed by atoms with Gasteiger partial charge in [0.15, 0.2) is 6.04 Å². The van der Waals surface area contributed by atoms with Gasteiger partial charge in [0, 0.05) is 6.07 Å². The van der Waals surface area contributed by atoms with Crippen LogP contribution in [0.3, 0.4) is 0 Å². The zero-order valence-corrected chi connectivity index (χ0v) is 17.7. The molecule has 2 rings (SSSR count). The number of ether oxygens (including phenoxy) is 1. The largest absolute Gasteiger partial charge is 0.467 e. The van der Waals surface area contributed by atoms with Gasteiger partial charge >= 0.3 is 5.97 Å². The van der Waals surface area contributed by atoms with Crippen molar-refractivity contribution < 1.29 is 27.9 Å². The third-order valence-corrected chi connectivity index (χ3v) is 4.50. The van der Waals surface area contributed by atoms with Crippen molar-refractivity contribution in [3.8, 4) is 0 Å². The monoisotopic (exact) mass is 432 g/mol. The summed E-state index contributed by atoms with van der Waals surface area (Å²) in [5, 5.41) is 5.23. The van der Waals surface area contributed by atoms with E-state index < -0.39 is 41.5 Å². The molecule has 2 aromatic carbocycles. The van der Waals surface area contributed by atoms with E-state index in [1.165, 1.54) is 7.11 Å². The van der Waals surface area contributed by atoms with Gasteiger partial charge in [-0.1, -0.05) is 44.2 Å². The van der Waals surface area contributed by atoms with E-state index in [4.69, 9.17) is 4.74 Å². The first-order valence-corrected chi connectivity index (χ1v) is 9.87. The van der Waals surface area contributed by atoms with Crippen LogP contribution in [0, 0.1) is 17.6 Å². The third-order valence-electron chi connectivity index (χ3n) is 4.50. The SMILES string of the molecule is COC(=O)[C@@H](NC(=O)[C@H](CC(C)C)NC(=O)Cc1cc(F)cc(F)c1)c1ccccc1. The van der Waals surface area contributed by atoms with Crippen molar-refractivity contribution in [3.63, 3.8) is 0 Å². The minimum atomic E-state index is -1.04. The highest BCUT2D eigenvalue weighted by Crippen LogP contribution is 2.16. The van der Waals surface area contributed by atoms with Gasteiger partial charge in [-0.2, -0.15) is 0 Å². The highest BCUT2D eigenvalue weighted by Gasteiger charge is 2.29. The summed E-state index contributed by atoms with van der Waals surface area (Å²) in [6.07, 6.45) is 0.00738. The van der Waals surface area contributed by atoms with Crippen molar-refractivity contribution in [2.24, 2.45) is 5.92 Å². The van der Waals surface area contributed by atoms with E-state index in [9.17, 15) is 23.2 Å². The number of hydrogen-bond donors (Lipinski definition) is 2. The highest BCUT2D eigenvalue weighted by molar-refractivity contribution is 5.91. The Balaban J connectivity index is 2.14. The van der Waals surface area contributed by atoms with Gasteiger partial charge in [-0.3, -0.25) is 9.59 Å². The molecule has 0 radical (unpaired) electrons. The molecule has 8 heteroatoms. The molecule has 31 heavy (non-hydrogen) atoms. The molecule has 2 N–H and O–H groups in total. The number of benzene rings is 2. The average molecular weight is 432 g/mol. The second-order valence-electron chi connectivity index (χ2n) is 7.58. The van der Waals surface area contributed by atoms with Gasteiger partial charge in [-0.15, -0.1) is 0 Å². The zero-order valence-electron chi connectivity index (χ0n) is 17.7. The van der Waals surface area contributed by atoms with Crippen LogP contribution in [0.25, 0.3) is 0 Å². The lowest BCUT2D eigenvalue weighted by atomic mass is 10.0. The lowest BCUT2D eigenvalue weighted by molar-refractivity contribution is -0.145. The summed E-state index contributed by atoms with van der Waals surface area (Å²) < 4.78 is 31.5. The number of rotatable bonds is 9. The Morgan fingerprint density at radius 3 is 2.13 bits per heavy atom. The molecule has 2 amide bonds. The Hall–Kier alpha value is -3.29. The van der Waals surface area contributed by atoms with Gasteiger partial charge in [-0.05, 0) is 35.6 Å². The maximum absolute atomic E-state index is 13.4. The fourth-order valence-corrected chi connectivity index (χ4v) is 3.13. The Bertz CT molecular complexity index is 899. The molecular formula is C23H26F2N2O4. The van der Waals surface area contributed by atoms with Crippen molar-refractivity contribution in [2.45, 2.75) is 38.8 Å². The summed E-state index contributed by atoms with van der Waals surface area (Å²) in [5.41, 5.74) is 0.683. The maximum atomic E-state index is 13.4. The molecule has 2 atom stereocenters. The summed E-state index contributed by atoms with van der Waals surface area (Å²) in [7, 11) is 1.22. The standard InChI is InChI=1S/C23H26F2N2O4/c1-14(2)9-19(26-20(28)12-15-10-17(24)13-18(25)11-15)22(29)27-21(23(30)31-3)16-7-5-4-6-8-16/h4-8,10-11,13-14,19,21H,9,12H2,1-3H3,(H,26,28)(H,27,29)/t19-,21-/m0/s1. The molecule has 0 fully saturated rings. The van der Waals surface area contributed by atoms with Gasteiger partial charge in [0.25, 0.3) is 0 Å². The number of carbonyl (C=O) groups is 3. The van der Waals surface area contributed by atoms with Crippen LogP contribution in [0.5, 0.6) is 0 Å². The van der Waals surface area contributed by atoms with Crippen LogP contribution in [-0.2, 0) is 25.5 Å². The van der Waals surface area contributed by atoms with Gasteiger partial charge in [0.05, 0.1) is 13.5 Å². The minimum Gasteiger partial charge on any atom is -0.467 e. The summed E-state index contributed by atoms with van der Waals surface area (Å²) in [6.45, 7) is 3.76. The molecule has 0 heterocycles. The molecular weight excluding hydrogens is 406 g/mol. The highest BCUT2D eigenvalue weighted by atomic mass is 19.1. The number of hydrogen-bond acceptors (Lipinski definition) is 4. The van der Waals surface area contributed by atoms with Crippen molar-refractivity contribution in [3.05, 3.63) is 71.3 Å². The second kappa shape index (κ2) is 11.2. The molecule has 166 valence electrons. The minimum absolute atomic E-state index is 0.0518. The van der Waals surface area contributed by atoms with Gasteiger partial charge in [0.1, 0.15) is 17.7 Å². The van der Waals surface area contributed by atoms with Crippen LogP contribution < -0.4 is 10.6 Å². The van der Waals surface area contributed by atoms with Crippen molar-refractivity contribution in [1.82, 2.24) is 10.6 Å². The predicted molar refractivity (Wildman–Crippen MR) is 111 cm³/mol.